The molecule has 0 saturated heterocycles. The van der Waals surface area contributed by atoms with E-state index in [2.05, 4.69) is 20.6 Å². The Morgan fingerprint density at radius 2 is 1.78 bits per heavy atom. The highest BCUT2D eigenvalue weighted by atomic mass is 19.4. The van der Waals surface area contributed by atoms with Gasteiger partial charge in [-0.3, -0.25) is 4.79 Å². The number of rotatable bonds is 9. The molecule has 0 spiro atoms. The summed E-state index contributed by atoms with van der Waals surface area (Å²) in [7, 11) is 2.96. The van der Waals surface area contributed by atoms with E-state index in [0.717, 1.165) is 12.1 Å². The van der Waals surface area contributed by atoms with Crippen molar-refractivity contribution in [3.05, 3.63) is 71.3 Å². The van der Waals surface area contributed by atoms with Gasteiger partial charge in [0.2, 0.25) is 5.75 Å². The predicted molar refractivity (Wildman–Crippen MR) is 125 cm³/mol. The summed E-state index contributed by atoms with van der Waals surface area (Å²) >= 11 is 0. The molecular weight excluding hydrogens is 483 g/mol. The molecule has 9 nitrogen and oxygen atoms in total. The predicted octanol–water partition coefficient (Wildman–Crippen LogP) is 4.39. The lowest BCUT2D eigenvalue weighted by Crippen LogP contribution is -2.17. The highest BCUT2D eigenvalue weighted by Crippen LogP contribution is 2.38. The Bertz CT molecular complexity index is 1250. The smallest absolute Gasteiger partial charge is 0.506 e. The summed E-state index contributed by atoms with van der Waals surface area (Å²) in [6, 6.07) is 12.2. The Morgan fingerprint density at radius 1 is 1.06 bits per heavy atom. The molecule has 3 aromatic carbocycles. The van der Waals surface area contributed by atoms with Gasteiger partial charge in [-0.1, -0.05) is 12.1 Å². The zero-order valence-corrected chi connectivity index (χ0v) is 19.1. The second-order valence-corrected chi connectivity index (χ2v) is 7.23. The molecule has 0 radical (unpaired) electrons. The molecule has 0 aliphatic rings. The van der Waals surface area contributed by atoms with Crippen molar-refractivity contribution in [2.75, 3.05) is 19.5 Å². The van der Waals surface area contributed by atoms with E-state index in [4.69, 9.17) is 9.47 Å². The number of nitrogens with one attached hydrogen (secondary N) is 2. The van der Waals surface area contributed by atoms with Gasteiger partial charge in [-0.2, -0.15) is 5.10 Å². The number of methoxy groups -OCH3 is 1. The van der Waals surface area contributed by atoms with E-state index in [9.17, 15) is 28.2 Å². The van der Waals surface area contributed by atoms with Gasteiger partial charge in [-0.25, -0.2) is 5.43 Å². The number of nitrogens with zero attached hydrogens (tertiary/aromatic N) is 1. The minimum absolute atomic E-state index is 0.00471. The average Bonchev–Trinajstić information content (AvgIpc) is 2.83. The van der Waals surface area contributed by atoms with Crippen molar-refractivity contribution in [1.82, 2.24) is 5.43 Å². The van der Waals surface area contributed by atoms with Crippen LogP contribution in [-0.4, -0.2) is 42.9 Å². The number of amides is 1. The van der Waals surface area contributed by atoms with Gasteiger partial charge in [0, 0.05) is 18.2 Å². The van der Waals surface area contributed by atoms with E-state index in [-0.39, 0.29) is 40.9 Å². The number of anilines is 1. The van der Waals surface area contributed by atoms with Crippen molar-refractivity contribution in [2.45, 2.75) is 13.0 Å². The number of benzene rings is 3. The summed E-state index contributed by atoms with van der Waals surface area (Å²) in [5.74, 6) is -0.998. The van der Waals surface area contributed by atoms with E-state index in [1.165, 1.54) is 55.8 Å². The molecule has 0 aliphatic heterocycles. The highest BCUT2D eigenvalue weighted by molar-refractivity contribution is 5.96. The largest absolute Gasteiger partial charge is 0.573 e. The van der Waals surface area contributed by atoms with Crippen LogP contribution in [0.3, 0.4) is 0 Å². The van der Waals surface area contributed by atoms with Gasteiger partial charge in [-0.05, 0) is 48.0 Å². The van der Waals surface area contributed by atoms with Crippen LogP contribution in [0.1, 0.15) is 21.5 Å². The quantitative estimate of drug-likeness (QED) is 0.193. The first kappa shape index (κ1) is 26.0. The molecule has 3 aromatic rings. The molecule has 36 heavy (non-hydrogen) atoms. The molecule has 12 heteroatoms. The number of hydrazone groups is 1. The second kappa shape index (κ2) is 11.2. The normalized spacial score (nSPS) is 11.2. The van der Waals surface area contributed by atoms with Crippen LogP contribution in [0.2, 0.25) is 0 Å². The molecule has 0 saturated carbocycles. The Balaban J connectivity index is 1.65. The van der Waals surface area contributed by atoms with Gasteiger partial charge < -0.3 is 29.7 Å². The average molecular weight is 505 g/mol. The van der Waals surface area contributed by atoms with Gasteiger partial charge in [0.25, 0.3) is 5.91 Å². The van der Waals surface area contributed by atoms with Crippen LogP contribution in [0.4, 0.5) is 18.9 Å². The van der Waals surface area contributed by atoms with Gasteiger partial charge >= 0.3 is 6.36 Å². The van der Waals surface area contributed by atoms with Gasteiger partial charge in [-0.15, -0.1) is 13.2 Å². The standard InChI is InChI=1S/C24H22F3N3O6/c1-28-18-11-16(5-8-19(18)31)23(33)30-29-12-15-9-20(32)22(21(10-15)34-2)35-13-14-3-6-17(7-4-14)36-24(25,26)27/h3-12,28,31-32H,13H2,1-2H3,(H,30,33)/b29-12+. The molecule has 0 heterocycles. The number of carbonyl (C=O) groups excluding carboxylic acids is 1. The molecule has 190 valence electrons. The van der Waals surface area contributed by atoms with E-state index in [0.29, 0.717) is 16.8 Å². The number of aromatic hydroxyl groups is 2. The summed E-state index contributed by atoms with van der Waals surface area (Å²) in [5.41, 5.74) is 3.88. The summed E-state index contributed by atoms with van der Waals surface area (Å²) in [6.45, 7) is -0.0685. The fourth-order valence-corrected chi connectivity index (χ4v) is 3.03. The maximum Gasteiger partial charge on any atom is 0.573 e. The number of carbonyl (C=O) groups is 1. The lowest BCUT2D eigenvalue weighted by Gasteiger charge is -2.14. The van der Waals surface area contributed by atoms with Crippen molar-refractivity contribution in [3.63, 3.8) is 0 Å². The molecular formula is C24H22F3N3O6. The molecule has 0 aromatic heterocycles. The summed E-state index contributed by atoms with van der Waals surface area (Å²) in [6.07, 6.45) is -3.50. The maximum absolute atomic E-state index is 12.3. The van der Waals surface area contributed by atoms with Crippen molar-refractivity contribution < 1.29 is 42.4 Å². The monoisotopic (exact) mass is 505 g/mol. The Labute approximate surface area is 203 Å². The van der Waals surface area contributed by atoms with Crippen LogP contribution in [0, 0.1) is 0 Å². The first-order valence-electron chi connectivity index (χ1n) is 10.3. The number of phenols is 2. The first-order valence-corrected chi connectivity index (χ1v) is 10.3. The van der Waals surface area contributed by atoms with Crippen LogP contribution >= 0.6 is 0 Å². The molecule has 0 aliphatic carbocycles. The summed E-state index contributed by atoms with van der Waals surface area (Å²) < 4.78 is 51.5. The fourth-order valence-electron chi connectivity index (χ4n) is 3.03. The molecule has 1 amide bonds. The number of halogens is 3. The zero-order chi connectivity index (χ0) is 26.3. The minimum atomic E-state index is -4.79. The van der Waals surface area contributed by atoms with Crippen LogP contribution in [0.15, 0.2) is 59.7 Å². The SMILES string of the molecule is CNc1cc(C(=O)N/N=C/c2cc(O)c(OCc3ccc(OC(F)(F)F)cc3)c(OC)c2)ccc1O. The van der Waals surface area contributed by atoms with Crippen LogP contribution in [0.25, 0.3) is 0 Å². The van der Waals surface area contributed by atoms with Crippen LogP contribution in [0.5, 0.6) is 28.7 Å². The number of phenolic OH excluding ortho intramolecular Hbond substituents is 2. The maximum atomic E-state index is 12.3. The van der Waals surface area contributed by atoms with Crippen LogP contribution < -0.4 is 25.0 Å². The van der Waals surface area contributed by atoms with E-state index >= 15 is 0 Å². The van der Waals surface area contributed by atoms with Crippen molar-refractivity contribution in [3.8, 4) is 28.7 Å². The van der Waals surface area contributed by atoms with E-state index in [1.807, 2.05) is 0 Å². The fraction of sp³-hybridized carbons (Fsp3) is 0.167. The molecule has 0 unspecified atom stereocenters. The third-order valence-corrected chi connectivity index (χ3v) is 4.73. The van der Waals surface area contributed by atoms with E-state index < -0.39 is 12.3 Å². The van der Waals surface area contributed by atoms with Crippen molar-refractivity contribution >= 4 is 17.8 Å². The molecule has 0 bridgehead atoms. The molecule has 4 N–H and O–H groups in total. The van der Waals surface area contributed by atoms with Crippen molar-refractivity contribution in [2.24, 2.45) is 5.10 Å². The zero-order valence-electron chi connectivity index (χ0n) is 19.1. The van der Waals surface area contributed by atoms with Gasteiger partial charge in [0.1, 0.15) is 18.1 Å². The van der Waals surface area contributed by atoms with Crippen molar-refractivity contribution in [1.29, 1.82) is 0 Å². The summed E-state index contributed by atoms with van der Waals surface area (Å²) in [5, 5.41) is 26.7. The lowest BCUT2D eigenvalue weighted by atomic mass is 10.2. The molecule has 0 fully saturated rings. The second-order valence-electron chi connectivity index (χ2n) is 7.23. The molecule has 0 atom stereocenters. The number of hydrogen-bond donors (Lipinski definition) is 4. The highest BCUT2D eigenvalue weighted by Gasteiger charge is 2.31. The third kappa shape index (κ3) is 6.95. The minimum Gasteiger partial charge on any atom is -0.506 e. The number of ether oxygens (including phenoxy) is 3. The van der Waals surface area contributed by atoms with E-state index in [1.54, 1.807) is 7.05 Å². The number of hydrogen-bond acceptors (Lipinski definition) is 8. The Morgan fingerprint density at radius 3 is 2.42 bits per heavy atom. The summed E-state index contributed by atoms with van der Waals surface area (Å²) in [4.78, 5) is 12.3. The topological polar surface area (TPSA) is 122 Å². The third-order valence-electron chi connectivity index (χ3n) is 4.73. The Kier molecular flexibility index (Phi) is 8.10. The van der Waals surface area contributed by atoms with Gasteiger partial charge in [0.15, 0.2) is 11.5 Å². The first-order chi connectivity index (χ1) is 17.1. The molecule has 3 rings (SSSR count). The van der Waals surface area contributed by atoms with Crippen LogP contribution in [-0.2, 0) is 6.61 Å². The number of alkyl halides is 3. The van der Waals surface area contributed by atoms with Gasteiger partial charge in [0.05, 0.1) is 19.0 Å². The lowest BCUT2D eigenvalue weighted by molar-refractivity contribution is -0.274. The Hall–Kier alpha value is -4.61.